The Morgan fingerprint density at radius 2 is 2.00 bits per heavy atom. The molecular weight excluding hydrogens is 182 g/mol. The van der Waals surface area contributed by atoms with Crippen molar-refractivity contribution in [2.45, 2.75) is 70.9 Å². The van der Waals surface area contributed by atoms with E-state index in [-0.39, 0.29) is 12.4 Å². The summed E-state index contributed by atoms with van der Waals surface area (Å²) in [6, 6.07) is 1.60. The summed E-state index contributed by atoms with van der Waals surface area (Å²) in [5, 5.41) is 3.68. The predicted octanol–water partition coefficient (Wildman–Crippen LogP) is 3.52. The first-order chi connectivity index (χ1) is 5.83. The number of nitrogens with one attached hydrogen (secondary N) is 1. The minimum absolute atomic E-state index is 0. The molecule has 1 N–H and O–H groups in total. The van der Waals surface area contributed by atoms with Gasteiger partial charge in [0, 0.05) is 12.1 Å². The molecule has 0 aromatic rings. The Labute approximate surface area is 89.1 Å². The highest BCUT2D eigenvalue weighted by molar-refractivity contribution is 5.85. The zero-order valence-corrected chi connectivity index (χ0v) is 9.83. The first-order valence-corrected chi connectivity index (χ1v) is 5.59. The Balaban J connectivity index is 0.00000144. The Kier molecular flexibility index (Phi) is 7.78. The van der Waals surface area contributed by atoms with Crippen LogP contribution in [0.15, 0.2) is 0 Å². The summed E-state index contributed by atoms with van der Waals surface area (Å²) in [7, 11) is 0. The number of piperidine rings is 1. The van der Waals surface area contributed by atoms with Gasteiger partial charge in [-0.15, -0.1) is 12.4 Å². The van der Waals surface area contributed by atoms with Crippen LogP contribution in [0, 0.1) is 0 Å². The van der Waals surface area contributed by atoms with Gasteiger partial charge < -0.3 is 5.32 Å². The molecule has 0 aromatic carbocycles. The average molecular weight is 206 g/mol. The van der Waals surface area contributed by atoms with Crippen LogP contribution in [-0.4, -0.2) is 12.1 Å². The van der Waals surface area contributed by atoms with E-state index in [0.717, 1.165) is 12.1 Å². The molecule has 0 aromatic heterocycles. The Morgan fingerprint density at radius 3 is 2.62 bits per heavy atom. The maximum Gasteiger partial charge on any atom is 0.00695 e. The molecular formula is C11H24ClN. The normalized spacial score (nSPS) is 28.2. The molecule has 0 aliphatic carbocycles. The highest BCUT2D eigenvalue weighted by Gasteiger charge is 2.16. The third kappa shape index (κ3) is 5.53. The van der Waals surface area contributed by atoms with E-state index in [9.17, 15) is 0 Å². The second kappa shape index (κ2) is 7.64. The molecule has 1 aliphatic rings. The van der Waals surface area contributed by atoms with E-state index in [2.05, 4.69) is 19.2 Å². The van der Waals surface area contributed by atoms with Crippen LogP contribution >= 0.6 is 12.4 Å². The Bertz CT molecular complexity index is 117. The molecule has 1 fully saturated rings. The molecule has 1 heterocycles. The van der Waals surface area contributed by atoms with Gasteiger partial charge in [0.2, 0.25) is 0 Å². The fraction of sp³-hybridized carbons (Fsp3) is 1.00. The van der Waals surface area contributed by atoms with Gasteiger partial charge in [0.15, 0.2) is 0 Å². The third-order valence-corrected chi connectivity index (χ3v) is 2.87. The SMILES string of the molecule is CCCCCC1CCCC(C)N1.Cl. The van der Waals surface area contributed by atoms with Crippen molar-refractivity contribution in [1.82, 2.24) is 5.32 Å². The van der Waals surface area contributed by atoms with E-state index >= 15 is 0 Å². The fourth-order valence-electron chi connectivity index (χ4n) is 2.11. The van der Waals surface area contributed by atoms with Crippen molar-refractivity contribution >= 4 is 12.4 Å². The minimum Gasteiger partial charge on any atom is -0.312 e. The van der Waals surface area contributed by atoms with Gasteiger partial charge in [0.05, 0.1) is 0 Å². The lowest BCUT2D eigenvalue weighted by atomic mass is 9.96. The highest BCUT2D eigenvalue weighted by atomic mass is 35.5. The standard InChI is InChI=1S/C11H23N.ClH/c1-3-4-5-8-11-9-6-7-10(2)12-11;/h10-12H,3-9H2,1-2H3;1H. The molecule has 0 saturated carbocycles. The van der Waals surface area contributed by atoms with Gasteiger partial charge in [-0.2, -0.15) is 0 Å². The second-order valence-electron chi connectivity index (χ2n) is 4.19. The monoisotopic (exact) mass is 205 g/mol. The van der Waals surface area contributed by atoms with Crippen LogP contribution in [0.5, 0.6) is 0 Å². The summed E-state index contributed by atoms with van der Waals surface area (Å²) in [5.41, 5.74) is 0. The van der Waals surface area contributed by atoms with Crippen LogP contribution in [-0.2, 0) is 0 Å². The van der Waals surface area contributed by atoms with Crippen molar-refractivity contribution in [2.75, 3.05) is 0 Å². The molecule has 1 nitrogen and oxygen atoms in total. The molecule has 0 spiro atoms. The van der Waals surface area contributed by atoms with Crippen LogP contribution in [0.1, 0.15) is 58.8 Å². The summed E-state index contributed by atoms with van der Waals surface area (Å²) < 4.78 is 0. The van der Waals surface area contributed by atoms with Gasteiger partial charge in [-0.1, -0.05) is 32.6 Å². The lowest BCUT2D eigenvalue weighted by Gasteiger charge is -2.28. The molecule has 1 aliphatic heterocycles. The van der Waals surface area contributed by atoms with Gasteiger partial charge in [-0.3, -0.25) is 0 Å². The fourth-order valence-corrected chi connectivity index (χ4v) is 2.11. The van der Waals surface area contributed by atoms with Gasteiger partial charge in [-0.25, -0.2) is 0 Å². The molecule has 1 saturated heterocycles. The van der Waals surface area contributed by atoms with Crippen molar-refractivity contribution in [3.63, 3.8) is 0 Å². The molecule has 2 unspecified atom stereocenters. The number of unbranched alkanes of at least 4 members (excludes halogenated alkanes) is 2. The molecule has 2 heteroatoms. The minimum atomic E-state index is 0. The smallest absolute Gasteiger partial charge is 0.00695 e. The maximum atomic E-state index is 3.68. The van der Waals surface area contributed by atoms with E-state index < -0.39 is 0 Å². The Hall–Kier alpha value is 0.250. The number of hydrogen-bond acceptors (Lipinski definition) is 1. The van der Waals surface area contributed by atoms with Crippen LogP contribution in [0.4, 0.5) is 0 Å². The van der Waals surface area contributed by atoms with E-state index in [1.165, 1.54) is 44.9 Å². The lowest BCUT2D eigenvalue weighted by Crippen LogP contribution is -2.40. The molecule has 2 atom stereocenters. The van der Waals surface area contributed by atoms with Crippen molar-refractivity contribution in [1.29, 1.82) is 0 Å². The summed E-state index contributed by atoms with van der Waals surface area (Å²) >= 11 is 0. The van der Waals surface area contributed by atoms with Crippen LogP contribution < -0.4 is 5.32 Å². The largest absolute Gasteiger partial charge is 0.312 e. The van der Waals surface area contributed by atoms with Crippen LogP contribution in [0.25, 0.3) is 0 Å². The number of rotatable bonds is 4. The van der Waals surface area contributed by atoms with Crippen molar-refractivity contribution in [2.24, 2.45) is 0 Å². The average Bonchev–Trinajstić information content (AvgIpc) is 2.05. The van der Waals surface area contributed by atoms with Crippen molar-refractivity contribution < 1.29 is 0 Å². The topological polar surface area (TPSA) is 12.0 Å². The lowest BCUT2D eigenvalue weighted by molar-refractivity contribution is 0.315. The van der Waals surface area contributed by atoms with Gasteiger partial charge in [0.25, 0.3) is 0 Å². The van der Waals surface area contributed by atoms with Gasteiger partial charge in [-0.05, 0) is 26.2 Å². The molecule has 0 bridgehead atoms. The molecule has 13 heavy (non-hydrogen) atoms. The summed E-state index contributed by atoms with van der Waals surface area (Å²) in [6.45, 7) is 4.59. The summed E-state index contributed by atoms with van der Waals surface area (Å²) in [6.07, 6.45) is 9.80. The summed E-state index contributed by atoms with van der Waals surface area (Å²) in [4.78, 5) is 0. The van der Waals surface area contributed by atoms with Crippen molar-refractivity contribution in [3.8, 4) is 0 Å². The summed E-state index contributed by atoms with van der Waals surface area (Å²) in [5.74, 6) is 0. The maximum absolute atomic E-state index is 3.68. The predicted molar refractivity (Wildman–Crippen MR) is 61.6 cm³/mol. The Morgan fingerprint density at radius 1 is 1.23 bits per heavy atom. The quantitative estimate of drug-likeness (QED) is 0.693. The number of hydrogen-bond donors (Lipinski definition) is 1. The molecule has 80 valence electrons. The second-order valence-corrected chi connectivity index (χ2v) is 4.19. The van der Waals surface area contributed by atoms with Gasteiger partial charge >= 0.3 is 0 Å². The van der Waals surface area contributed by atoms with Gasteiger partial charge in [0.1, 0.15) is 0 Å². The number of halogens is 1. The highest BCUT2D eigenvalue weighted by Crippen LogP contribution is 2.16. The van der Waals surface area contributed by atoms with E-state index in [1.807, 2.05) is 0 Å². The van der Waals surface area contributed by atoms with Crippen LogP contribution in [0.3, 0.4) is 0 Å². The zero-order valence-electron chi connectivity index (χ0n) is 9.01. The molecule has 1 rings (SSSR count). The first kappa shape index (κ1) is 13.2. The van der Waals surface area contributed by atoms with Crippen molar-refractivity contribution in [3.05, 3.63) is 0 Å². The molecule has 0 radical (unpaired) electrons. The first-order valence-electron chi connectivity index (χ1n) is 5.59. The zero-order chi connectivity index (χ0) is 8.81. The van der Waals surface area contributed by atoms with E-state index in [1.54, 1.807) is 0 Å². The van der Waals surface area contributed by atoms with E-state index in [4.69, 9.17) is 0 Å². The third-order valence-electron chi connectivity index (χ3n) is 2.87. The van der Waals surface area contributed by atoms with E-state index in [0.29, 0.717) is 0 Å². The molecule has 0 amide bonds. The van der Waals surface area contributed by atoms with Crippen LogP contribution in [0.2, 0.25) is 0 Å².